The van der Waals surface area contributed by atoms with Crippen LogP contribution in [0, 0.1) is 6.92 Å². The number of aromatic nitrogens is 1. The molecule has 1 rings (SSSR count). The fraction of sp³-hybridized carbons (Fsp3) is 0.538. The van der Waals surface area contributed by atoms with Gasteiger partial charge in [-0.15, -0.1) is 0 Å². The monoisotopic (exact) mass is 256 g/mol. The summed E-state index contributed by atoms with van der Waals surface area (Å²) in [5.41, 5.74) is 0.642. The molecule has 1 aromatic rings. The summed E-state index contributed by atoms with van der Waals surface area (Å²) in [5.74, 6) is -0.421. The Labute approximate surface area is 109 Å². The van der Waals surface area contributed by atoms with Gasteiger partial charge in [0, 0.05) is 11.8 Å². The SMILES string of the molecule is CC.CC.CC(=O)CC(=O)Nc1[nH]cc(C)c1O. The van der Waals surface area contributed by atoms with Crippen LogP contribution in [0.3, 0.4) is 0 Å². The van der Waals surface area contributed by atoms with Gasteiger partial charge < -0.3 is 15.4 Å². The Morgan fingerprint density at radius 3 is 2.11 bits per heavy atom. The zero-order chi connectivity index (χ0) is 14.7. The first-order valence-electron chi connectivity index (χ1n) is 6.17. The summed E-state index contributed by atoms with van der Waals surface area (Å²) in [7, 11) is 0. The van der Waals surface area contributed by atoms with E-state index in [2.05, 4.69) is 10.3 Å². The van der Waals surface area contributed by atoms with Gasteiger partial charge in [0.2, 0.25) is 5.91 Å². The van der Waals surface area contributed by atoms with Gasteiger partial charge in [-0.1, -0.05) is 27.7 Å². The van der Waals surface area contributed by atoms with E-state index in [1.165, 1.54) is 6.92 Å². The van der Waals surface area contributed by atoms with Crippen molar-refractivity contribution in [1.82, 2.24) is 4.98 Å². The minimum atomic E-state index is -0.436. The number of carbonyl (C=O) groups is 2. The van der Waals surface area contributed by atoms with Gasteiger partial charge in [-0.2, -0.15) is 0 Å². The maximum atomic E-state index is 11.1. The number of nitrogens with one attached hydrogen (secondary N) is 2. The number of hydrogen-bond donors (Lipinski definition) is 3. The van der Waals surface area contributed by atoms with Gasteiger partial charge in [0.05, 0.1) is 6.42 Å². The van der Waals surface area contributed by atoms with E-state index in [9.17, 15) is 14.7 Å². The van der Waals surface area contributed by atoms with E-state index in [4.69, 9.17) is 0 Å². The van der Waals surface area contributed by atoms with Crippen molar-refractivity contribution in [3.8, 4) is 5.75 Å². The van der Waals surface area contributed by atoms with Crippen LogP contribution in [0.2, 0.25) is 0 Å². The first-order valence-corrected chi connectivity index (χ1v) is 6.17. The van der Waals surface area contributed by atoms with Crippen LogP contribution in [0.5, 0.6) is 5.75 Å². The average Bonchev–Trinajstić information content (AvgIpc) is 2.65. The molecule has 5 nitrogen and oxygen atoms in total. The molecule has 0 unspecified atom stereocenters. The Hall–Kier alpha value is -1.78. The topological polar surface area (TPSA) is 82.2 Å². The molecule has 0 aromatic carbocycles. The summed E-state index contributed by atoms with van der Waals surface area (Å²) in [6.07, 6.45) is 1.39. The molecule has 1 heterocycles. The summed E-state index contributed by atoms with van der Waals surface area (Å²) < 4.78 is 0. The maximum Gasteiger partial charge on any atom is 0.233 e. The number of rotatable bonds is 3. The zero-order valence-electron chi connectivity index (χ0n) is 12.0. The molecule has 0 bridgehead atoms. The predicted molar refractivity (Wildman–Crippen MR) is 73.8 cm³/mol. The molecule has 0 aliphatic carbocycles. The lowest BCUT2D eigenvalue weighted by atomic mass is 10.3. The van der Waals surface area contributed by atoms with Gasteiger partial charge in [0.1, 0.15) is 5.78 Å². The number of aromatic hydroxyl groups is 1. The van der Waals surface area contributed by atoms with Crippen LogP contribution in [0.25, 0.3) is 0 Å². The molecule has 5 heteroatoms. The fourth-order valence-corrected chi connectivity index (χ4v) is 1.02. The number of ketones is 1. The van der Waals surface area contributed by atoms with Crippen LogP contribution >= 0.6 is 0 Å². The molecule has 0 aliphatic rings. The third kappa shape index (κ3) is 6.73. The molecule has 0 radical (unpaired) electrons. The van der Waals surface area contributed by atoms with E-state index < -0.39 is 5.91 Å². The van der Waals surface area contributed by atoms with Crippen LogP contribution in [-0.2, 0) is 9.59 Å². The van der Waals surface area contributed by atoms with Crippen molar-refractivity contribution in [1.29, 1.82) is 0 Å². The predicted octanol–water partition coefficient (Wildman–Crippen LogP) is 3.00. The largest absolute Gasteiger partial charge is 0.504 e. The Balaban J connectivity index is 0. The molecule has 0 spiro atoms. The van der Waals surface area contributed by atoms with Crippen molar-refractivity contribution >= 4 is 17.5 Å². The molecular formula is C13H24N2O3. The molecule has 3 N–H and O–H groups in total. The van der Waals surface area contributed by atoms with E-state index in [1.807, 2.05) is 27.7 Å². The van der Waals surface area contributed by atoms with Gasteiger partial charge in [0.15, 0.2) is 11.6 Å². The van der Waals surface area contributed by atoms with E-state index in [1.54, 1.807) is 13.1 Å². The van der Waals surface area contributed by atoms with E-state index >= 15 is 0 Å². The molecule has 0 fully saturated rings. The van der Waals surface area contributed by atoms with Crippen LogP contribution in [-0.4, -0.2) is 21.8 Å². The highest BCUT2D eigenvalue weighted by atomic mass is 16.3. The number of anilines is 1. The number of carbonyl (C=O) groups excluding carboxylic acids is 2. The van der Waals surface area contributed by atoms with E-state index in [-0.39, 0.29) is 23.8 Å². The molecular weight excluding hydrogens is 232 g/mol. The third-order valence-corrected chi connectivity index (χ3v) is 1.72. The van der Waals surface area contributed by atoms with Crippen molar-refractivity contribution in [2.45, 2.75) is 48.0 Å². The highest BCUT2D eigenvalue weighted by Gasteiger charge is 2.10. The van der Waals surface area contributed by atoms with Crippen molar-refractivity contribution in [3.05, 3.63) is 11.8 Å². The van der Waals surface area contributed by atoms with Crippen molar-refractivity contribution in [2.24, 2.45) is 0 Å². The molecule has 104 valence electrons. The smallest absolute Gasteiger partial charge is 0.233 e. The Morgan fingerprint density at radius 2 is 1.78 bits per heavy atom. The Bertz CT molecular complexity index is 370. The lowest BCUT2D eigenvalue weighted by molar-refractivity contribution is -0.124. The minimum absolute atomic E-state index is 0.00176. The minimum Gasteiger partial charge on any atom is -0.504 e. The molecule has 1 aromatic heterocycles. The summed E-state index contributed by atoms with van der Waals surface area (Å²) in [5, 5.41) is 11.8. The quantitative estimate of drug-likeness (QED) is 0.727. The van der Waals surface area contributed by atoms with E-state index in [0.29, 0.717) is 5.56 Å². The van der Waals surface area contributed by atoms with Gasteiger partial charge in [-0.25, -0.2) is 0 Å². The Kier molecular flexibility index (Phi) is 10.7. The number of aryl methyl sites for hydroxylation is 1. The Morgan fingerprint density at radius 1 is 1.28 bits per heavy atom. The number of amides is 1. The van der Waals surface area contributed by atoms with Gasteiger partial charge >= 0.3 is 0 Å². The number of aromatic amines is 1. The van der Waals surface area contributed by atoms with Crippen LogP contribution in [0.15, 0.2) is 6.20 Å². The molecule has 0 aliphatic heterocycles. The average molecular weight is 256 g/mol. The summed E-state index contributed by atoms with van der Waals surface area (Å²) in [6, 6.07) is 0. The molecule has 0 saturated carbocycles. The van der Waals surface area contributed by atoms with Gasteiger partial charge in [-0.05, 0) is 13.8 Å². The van der Waals surface area contributed by atoms with Gasteiger partial charge in [0.25, 0.3) is 0 Å². The highest BCUT2D eigenvalue weighted by molar-refractivity contribution is 6.03. The first kappa shape index (κ1) is 18.6. The molecule has 1 amide bonds. The van der Waals surface area contributed by atoms with Gasteiger partial charge in [-0.3, -0.25) is 9.59 Å². The molecule has 0 saturated heterocycles. The number of Topliss-reactive ketones (excluding diaryl/α,β-unsaturated/α-hetero) is 1. The van der Waals surface area contributed by atoms with Crippen molar-refractivity contribution < 1.29 is 14.7 Å². The van der Waals surface area contributed by atoms with E-state index in [0.717, 1.165) is 0 Å². The third-order valence-electron chi connectivity index (χ3n) is 1.72. The standard InChI is InChI=1S/C9H12N2O3.2C2H6/c1-5-4-10-9(8(5)14)11-7(13)3-6(2)12;2*1-2/h4,10,14H,3H2,1-2H3,(H,11,13);2*1-2H3. The highest BCUT2D eigenvalue weighted by Crippen LogP contribution is 2.25. The van der Waals surface area contributed by atoms with Crippen LogP contribution in [0.4, 0.5) is 5.82 Å². The summed E-state index contributed by atoms with van der Waals surface area (Å²) >= 11 is 0. The van der Waals surface area contributed by atoms with Crippen LogP contribution < -0.4 is 5.32 Å². The first-order chi connectivity index (χ1) is 8.50. The van der Waals surface area contributed by atoms with Crippen molar-refractivity contribution in [2.75, 3.05) is 5.32 Å². The number of H-pyrrole nitrogens is 1. The summed E-state index contributed by atoms with van der Waals surface area (Å²) in [4.78, 5) is 24.4. The molecule has 18 heavy (non-hydrogen) atoms. The lowest BCUT2D eigenvalue weighted by Gasteiger charge is -2.01. The molecule has 0 atom stereocenters. The second kappa shape index (κ2) is 10.4. The van der Waals surface area contributed by atoms with Crippen LogP contribution in [0.1, 0.15) is 46.6 Å². The zero-order valence-corrected chi connectivity index (χ0v) is 12.0. The maximum absolute atomic E-state index is 11.1. The normalized spacial score (nSPS) is 8.33. The number of hydrogen-bond acceptors (Lipinski definition) is 3. The summed E-state index contributed by atoms with van der Waals surface area (Å²) in [6.45, 7) is 11.0. The lowest BCUT2D eigenvalue weighted by Crippen LogP contribution is -2.14. The fourth-order valence-electron chi connectivity index (χ4n) is 1.02. The van der Waals surface area contributed by atoms with Crippen molar-refractivity contribution in [3.63, 3.8) is 0 Å². The second-order valence-electron chi connectivity index (χ2n) is 3.12. The second-order valence-corrected chi connectivity index (χ2v) is 3.12.